The van der Waals surface area contributed by atoms with E-state index < -0.39 is 0 Å². The van der Waals surface area contributed by atoms with Crippen molar-refractivity contribution in [1.82, 2.24) is 0 Å². The predicted molar refractivity (Wildman–Crippen MR) is 86.4 cm³/mol. The number of benzene rings is 2. The molecule has 2 aromatic carbocycles. The molecule has 22 heavy (non-hydrogen) atoms. The predicted octanol–water partition coefficient (Wildman–Crippen LogP) is 3.61. The van der Waals surface area contributed by atoms with Gasteiger partial charge in [-0.25, -0.2) is 0 Å². The van der Waals surface area contributed by atoms with E-state index >= 15 is 0 Å². The Hall–Kier alpha value is -2.62. The van der Waals surface area contributed by atoms with Gasteiger partial charge in [0.25, 0.3) is 0 Å². The third-order valence-electron chi connectivity index (χ3n) is 3.17. The molecule has 0 atom stereocenters. The van der Waals surface area contributed by atoms with Crippen LogP contribution in [0.25, 0.3) is 0 Å². The first-order chi connectivity index (χ1) is 10.5. The molecule has 0 unspecified atom stereocenters. The number of aryl methyl sites for hydroxylation is 1. The summed E-state index contributed by atoms with van der Waals surface area (Å²) >= 11 is 0. The molecule has 0 bridgehead atoms. The number of ether oxygens (including phenoxy) is 1. The number of hydrogen-bond acceptors (Lipinski definition) is 3. The van der Waals surface area contributed by atoms with Gasteiger partial charge in [-0.3, -0.25) is 9.59 Å². The summed E-state index contributed by atoms with van der Waals surface area (Å²) in [5, 5.41) is 2.76. The van der Waals surface area contributed by atoms with Gasteiger partial charge in [-0.2, -0.15) is 0 Å². The summed E-state index contributed by atoms with van der Waals surface area (Å²) in [6.45, 7) is 3.81. The average Bonchev–Trinajstić information content (AvgIpc) is 2.49. The van der Waals surface area contributed by atoms with Crippen LogP contribution in [0.4, 0.5) is 5.69 Å². The summed E-state index contributed by atoms with van der Waals surface area (Å²) in [7, 11) is 0. The van der Waals surface area contributed by atoms with E-state index in [-0.39, 0.29) is 18.1 Å². The second kappa shape index (κ2) is 7.41. The highest BCUT2D eigenvalue weighted by Gasteiger charge is 2.05. The molecule has 0 fully saturated rings. The van der Waals surface area contributed by atoms with Crippen LogP contribution in [0, 0.1) is 6.92 Å². The fourth-order valence-electron chi connectivity index (χ4n) is 1.94. The number of amides is 1. The van der Waals surface area contributed by atoms with Gasteiger partial charge in [-0.05, 0) is 38.1 Å². The van der Waals surface area contributed by atoms with E-state index in [0.29, 0.717) is 17.9 Å². The van der Waals surface area contributed by atoms with Crippen molar-refractivity contribution in [3.63, 3.8) is 0 Å². The highest BCUT2D eigenvalue weighted by atomic mass is 16.5. The largest absolute Gasteiger partial charge is 0.493 e. The standard InChI is InChI=1S/C18H19NO3/c1-13-6-8-17(9-7-13)22-11-10-18(21)19-16-5-3-4-15(12-16)14(2)20/h3-9,12H,10-11H2,1-2H3,(H,19,21). The first kappa shape index (κ1) is 15.8. The summed E-state index contributed by atoms with van der Waals surface area (Å²) in [6.07, 6.45) is 0.248. The maximum absolute atomic E-state index is 11.9. The summed E-state index contributed by atoms with van der Waals surface area (Å²) in [6, 6.07) is 14.6. The third-order valence-corrected chi connectivity index (χ3v) is 3.17. The summed E-state index contributed by atoms with van der Waals surface area (Å²) in [5.41, 5.74) is 2.36. The minimum Gasteiger partial charge on any atom is -0.493 e. The molecule has 0 heterocycles. The SMILES string of the molecule is CC(=O)c1cccc(NC(=O)CCOc2ccc(C)cc2)c1. The molecule has 114 valence electrons. The second-order valence-corrected chi connectivity index (χ2v) is 5.10. The molecule has 0 aliphatic rings. The van der Waals surface area contributed by atoms with E-state index in [2.05, 4.69) is 5.32 Å². The first-order valence-corrected chi connectivity index (χ1v) is 7.15. The smallest absolute Gasteiger partial charge is 0.227 e. The topological polar surface area (TPSA) is 55.4 Å². The highest BCUT2D eigenvalue weighted by Crippen LogP contribution is 2.13. The van der Waals surface area contributed by atoms with E-state index in [1.807, 2.05) is 31.2 Å². The molecule has 0 saturated carbocycles. The van der Waals surface area contributed by atoms with Gasteiger partial charge in [-0.15, -0.1) is 0 Å². The van der Waals surface area contributed by atoms with Crippen molar-refractivity contribution in [2.24, 2.45) is 0 Å². The van der Waals surface area contributed by atoms with Crippen LogP contribution in [0.2, 0.25) is 0 Å². The first-order valence-electron chi connectivity index (χ1n) is 7.15. The lowest BCUT2D eigenvalue weighted by atomic mass is 10.1. The Balaban J connectivity index is 1.81. The molecular formula is C18H19NO3. The highest BCUT2D eigenvalue weighted by molar-refractivity contribution is 5.97. The van der Waals surface area contributed by atoms with E-state index in [1.165, 1.54) is 6.92 Å². The van der Waals surface area contributed by atoms with Crippen LogP contribution in [0.15, 0.2) is 48.5 Å². The second-order valence-electron chi connectivity index (χ2n) is 5.10. The van der Waals surface area contributed by atoms with Crippen LogP contribution < -0.4 is 10.1 Å². The van der Waals surface area contributed by atoms with E-state index in [0.717, 1.165) is 11.3 Å². The summed E-state index contributed by atoms with van der Waals surface area (Å²) < 4.78 is 5.52. The maximum atomic E-state index is 11.9. The minimum absolute atomic E-state index is 0.0289. The number of ketones is 1. The number of Topliss-reactive ketones (excluding diaryl/α,β-unsaturated/α-hetero) is 1. The number of nitrogens with one attached hydrogen (secondary N) is 1. The molecule has 0 saturated heterocycles. The minimum atomic E-state index is -0.146. The van der Waals surface area contributed by atoms with Crippen LogP contribution in [-0.2, 0) is 4.79 Å². The molecule has 4 heteroatoms. The maximum Gasteiger partial charge on any atom is 0.227 e. The van der Waals surface area contributed by atoms with E-state index in [1.54, 1.807) is 24.3 Å². The van der Waals surface area contributed by atoms with Gasteiger partial charge in [0.1, 0.15) is 5.75 Å². The van der Waals surface area contributed by atoms with Gasteiger partial charge < -0.3 is 10.1 Å². The zero-order valence-corrected chi connectivity index (χ0v) is 12.8. The fourth-order valence-corrected chi connectivity index (χ4v) is 1.94. The monoisotopic (exact) mass is 297 g/mol. The van der Waals surface area contributed by atoms with Gasteiger partial charge in [0.15, 0.2) is 5.78 Å². The van der Waals surface area contributed by atoms with Gasteiger partial charge in [0.05, 0.1) is 13.0 Å². The summed E-state index contributed by atoms with van der Waals surface area (Å²) in [5.74, 6) is 0.573. The molecular weight excluding hydrogens is 278 g/mol. The summed E-state index contributed by atoms with van der Waals surface area (Å²) in [4.78, 5) is 23.2. The van der Waals surface area contributed by atoms with Crippen molar-refractivity contribution >= 4 is 17.4 Å². The normalized spacial score (nSPS) is 10.1. The lowest BCUT2D eigenvalue weighted by Gasteiger charge is -2.08. The van der Waals surface area contributed by atoms with E-state index in [4.69, 9.17) is 4.74 Å². The van der Waals surface area contributed by atoms with Crippen molar-refractivity contribution in [2.45, 2.75) is 20.3 Å². The molecule has 0 aromatic heterocycles. The number of rotatable bonds is 6. The van der Waals surface area contributed by atoms with Crippen LogP contribution in [-0.4, -0.2) is 18.3 Å². The number of anilines is 1. The third kappa shape index (κ3) is 4.74. The quantitative estimate of drug-likeness (QED) is 0.829. The van der Waals surface area contributed by atoms with Crippen LogP contribution in [0.5, 0.6) is 5.75 Å². The zero-order chi connectivity index (χ0) is 15.9. The van der Waals surface area contributed by atoms with Crippen molar-refractivity contribution in [3.8, 4) is 5.75 Å². The Morgan fingerprint density at radius 1 is 1.09 bits per heavy atom. The molecule has 0 aliphatic heterocycles. The van der Waals surface area contributed by atoms with Gasteiger partial charge in [-0.1, -0.05) is 29.8 Å². The molecule has 0 aliphatic carbocycles. The Labute approximate surface area is 130 Å². The Morgan fingerprint density at radius 2 is 1.82 bits per heavy atom. The van der Waals surface area contributed by atoms with Crippen LogP contribution in [0.1, 0.15) is 29.3 Å². The lowest BCUT2D eigenvalue weighted by molar-refractivity contribution is -0.116. The molecule has 0 spiro atoms. The van der Waals surface area contributed by atoms with Crippen molar-refractivity contribution in [1.29, 1.82) is 0 Å². The molecule has 2 aromatic rings. The Morgan fingerprint density at radius 3 is 2.50 bits per heavy atom. The lowest BCUT2D eigenvalue weighted by Crippen LogP contribution is -2.15. The van der Waals surface area contributed by atoms with Crippen molar-refractivity contribution < 1.29 is 14.3 Å². The number of carbonyl (C=O) groups excluding carboxylic acids is 2. The van der Waals surface area contributed by atoms with Gasteiger partial charge >= 0.3 is 0 Å². The molecule has 4 nitrogen and oxygen atoms in total. The molecule has 1 N–H and O–H groups in total. The van der Waals surface area contributed by atoms with Crippen molar-refractivity contribution in [3.05, 3.63) is 59.7 Å². The fraction of sp³-hybridized carbons (Fsp3) is 0.222. The number of carbonyl (C=O) groups is 2. The molecule has 0 radical (unpaired) electrons. The van der Waals surface area contributed by atoms with E-state index in [9.17, 15) is 9.59 Å². The van der Waals surface area contributed by atoms with Crippen LogP contribution in [0.3, 0.4) is 0 Å². The number of hydrogen-bond donors (Lipinski definition) is 1. The van der Waals surface area contributed by atoms with Gasteiger partial charge in [0, 0.05) is 11.3 Å². The van der Waals surface area contributed by atoms with Gasteiger partial charge in [0.2, 0.25) is 5.91 Å². The molecule has 2 rings (SSSR count). The zero-order valence-electron chi connectivity index (χ0n) is 12.8. The van der Waals surface area contributed by atoms with Crippen molar-refractivity contribution in [2.75, 3.05) is 11.9 Å². The Kier molecular flexibility index (Phi) is 5.31. The average molecular weight is 297 g/mol. The molecule has 1 amide bonds. The Bertz CT molecular complexity index is 662. The van der Waals surface area contributed by atoms with Crippen LogP contribution >= 0.6 is 0 Å².